The standard InChI is InChI=1S/C19H16ClFN4O/c1-2-5-17-22-18-14-6-3-4-7-16(14)24(19(26)25(18)23-17)11-12-8-9-13(21)10-15(12)20/h3-4,6-10H,2,5,11H2,1H3. The van der Waals surface area contributed by atoms with Crippen molar-refractivity contribution in [2.45, 2.75) is 26.3 Å². The summed E-state index contributed by atoms with van der Waals surface area (Å²) in [5.41, 5.74) is 1.65. The maximum Gasteiger partial charge on any atom is 0.351 e. The minimum atomic E-state index is -0.410. The molecule has 2 aromatic heterocycles. The van der Waals surface area contributed by atoms with E-state index in [-0.39, 0.29) is 17.3 Å². The minimum absolute atomic E-state index is 0.220. The van der Waals surface area contributed by atoms with E-state index in [1.54, 1.807) is 10.6 Å². The predicted molar refractivity (Wildman–Crippen MR) is 99.3 cm³/mol. The molecule has 0 unspecified atom stereocenters. The molecule has 7 heteroatoms. The molecule has 0 amide bonds. The zero-order valence-electron chi connectivity index (χ0n) is 14.1. The normalized spacial score (nSPS) is 11.5. The number of rotatable bonds is 4. The van der Waals surface area contributed by atoms with Gasteiger partial charge in [-0.25, -0.2) is 14.2 Å². The molecule has 2 aromatic carbocycles. The monoisotopic (exact) mass is 370 g/mol. The molecule has 2 heterocycles. The Balaban J connectivity index is 1.98. The van der Waals surface area contributed by atoms with Crippen LogP contribution in [0, 0.1) is 5.82 Å². The Hall–Kier alpha value is -2.73. The first kappa shape index (κ1) is 16.7. The van der Waals surface area contributed by atoms with E-state index >= 15 is 0 Å². The third-order valence-electron chi connectivity index (χ3n) is 4.32. The predicted octanol–water partition coefficient (Wildman–Crippen LogP) is 3.84. The molecule has 0 aliphatic carbocycles. The summed E-state index contributed by atoms with van der Waals surface area (Å²) in [4.78, 5) is 17.6. The molecule has 26 heavy (non-hydrogen) atoms. The molecule has 5 nitrogen and oxygen atoms in total. The van der Waals surface area contributed by atoms with Gasteiger partial charge in [-0.3, -0.25) is 4.57 Å². The number of aryl methyl sites for hydroxylation is 1. The van der Waals surface area contributed by atoms with Crippen molar-refractivity contribution < 1.29 is 4.39 Å². The van der Waals surface area contributed by atoms with Crippen LogP contribution in [-0.4, -0.2) is 19.2 Å². The fourth-order valence-corrected chi connectivity index (χ4v) is 3.31. The first-order valence-electron chi connectivity index (χ1n) is 8.39. The van der Waals surface area contributed by atoms with Gasteiger partial charge in [0.1, 0.15) is 5.82 Å². The molecular weight excluding hydrogens is 355 g/mol. The molecule has 0 N–H and O–H groups in total. The summed E-state index contributed by atoms with van der Waals surface area (Å²) in [7, 11) is 0. The quantitative estimate of drug-likeness (QED) is 0.548. The molecule has 0 bridgehead atoms. The van der Waals surface area contributed by atoms with Crippen LogP contribution in [0.15, 0.2) is 47.3 Å². The highest BCUT2D eigenvalue weighted by Crippen LogP contribution is 2.21. The highest BCUT2D eigenvalue weighted by atomic mass is 35.5. The van der Waals surface area contributed by atoms with Crippen molar-refractivity contribution >= 4 is 28.2 Å². The Morgan fingerprint density at radius 3 is 2.77 bits per heavy atom. The van der Waals surface area contributed by atoms with E-state index in [4.69, 9.17) is 11.6 Å². The molecule has 132 valence electrons. The van der Waals surface area contributed by atoms with Crippen LogP contribution in [0.4, 0.5) is 4.39 Å². The maximum atomic E-state index is 13.3. The van der Waals surface area contributed by atoms with Gasteiger partial charge in [-0.15, -0.1) is 5.10 Å². The van der Waals surface area contributed by atoms with Gasteiger partial charge in [-0.1, -0.05) is 36.7 Å². The maximum absolute atomic E-state index is 13.3. The zero-order chi connectivity index (χ0) is 18.3. The molecule has 0 fully saturated rings. The molecular formula is C19H16ClFN4O. The molecule has 0 aliphatic rings. The van der Waals surface area contributed by atoms with Crippen LogP contribution < -0.4 is 5.69 Å². The van der Waals surface area contributed by atoms with Crippen molar-refractivity contribution in [1.29, 1.82) is 0 Å². The second-order valence-electron chi connectivity index (χ2n) is 6.14. The first-order valence-corrected chi connectivity index (χ1v) is 8.77. The number of fused-ring (bicyclic) bond motifs is 3. The van der Waals surface area contributed by atoms with Crippen molar-refractivity contribution in [3.05, 3.63) is 75.2 Å². The topological polar surface area (TPSA) is 52.2 Å². The highest BCUT2D eigenvalue weighted by molar-refractivity contribution is 6.31. The highest BCUT2D eigenvalue weighted by Gasteiger charge is 2.15. The van der Waals surface area contributed by atoms with Crippen molar-refractivity contribution in [3.8, 4) is 0 Å². The molecule has 0 aliphatic heterocycles. The van der Waals surface area contributed by atoms with Crippen LogP contribution in [0.1, 0.15) is 24.7 Å². The second-order valence-corrected chi connectivity index (χ2v) is 6.54. The van der Waals surface area contributed by atoms with E-state index in [2.05, 4.69) is 10.1 Å². The van der Waals surface area contributed by atoms with Gasteiger partial charge in [0, 0.05) is 16.8 Å². The number of hydrogen-bond acceptors (Lipinski definition) is 3. The fraction of sp³-hybridized carbons (Fsp3) is 0.211. The van der Waals surface area contributed by atoms with Gasteiger partial charge in [0.05, 0.1) is 12.1 Å². The lowest BCUT2D eigenvalue weighted by atomic mass is 10.2. The lowest BCUT2D eigenvalue weighted by Crippen LogP contribution is -2.28. The molecule has 0 atom stereocenters. The van der Waals surface area contributed by atoms with E-state index in [0.29, 0.717) is 23.5 Å². The molecule has 0 radical (unpaired) electrons. The summed E-state index contributed by atoms with van der Waals surface area (Å²) in [5, 5.41) is 5.49. The van der Waals surface area contributed by atoms with E-state index in [0.717, 1.165) is 17.3 Å². The zero-order valence-corrected chi connectivity index (χ0v) is 14.9. The number of para-hydroxylation sites is 1. The molecule has 4 rings (SSSR count). The van der Waals surface area contributed by atoms with Crippen LogP contribution in [0.2, 0.25) is 5.02 Å². The van der Waals surface area contributed by atoms with E-state index in [1.807, 2.05) is 31.2 Å². The van der Waals surface area contributed by atoms with Gasteiger partial charge in [-0.2, -0.15) is 4.52 Å². The van der Waals surface area contributed by atoms with E-state index in [9.17, 15) is 9.18 Å². The second kappa shape index (κ2) is 6.53. The molecule has 0 saturated carbocycles. The summed E-state index contributed by atoms with van der Waals surface area (Å²) < 4.78 is 16.3. The lowest BCUT2D eigenvalue weighted by Gasteiger charge is -2.12. The Labute approximate surface area is 153 Å². The lowest BCUT2D eigenvalue weighted by molar-refractivity contribution is 0.626. The summed E-state index contributed by atoms with van der Waals surface area (Å²) in [6.07, 6.45) is 1.60. The number of benzene rings is 2. The third-order valence-corrected chi connectivity index (χ3v) is 4.67. The van der Waals surface area contributed by atoms with Crippen LogP contribution in [0.3, 0.4) is 0 Å². The average molecular weight is 371 g/mol. The molecule has 0 saturated heterocycles. The minimum Gasteiger partial charge on any atom is -0.287 e. The van der Waals surface area contributed by atoms with Gasteiger partial charge in [0.25, 0.3) is 0 Å². The van der Waals surface area contributed by atoms with Gasteiger partial charge >= 0.3 is 5.69 Å². The molecule has 0 spiro atoms. The Morgan fingerprint density at radius 2 is 2.00 bits per heavy atom. The van der Waals surface area contributed by atoms with Crippen molar-refractivity contribution in [2.75, 3.05) is 0 Å². The van der Waals surface area contributed by atoms with Gasteiger partial charge in [0.15, 0.2) is 11.5 Å². The van der Waals surface area contributed by atoms with E-state index < -0.39 is 5.82 Å². The van der Waals surface area contributed by atoms with Gasteiger partial charge in [-0.05, 0) is 36.2 Å². The van der Waals surface area contributed by atoms with Gasteiger partial charge < -0.3 is 0 Å². The Bertz CT molecular complexity index is 1180. The van der Waals surface area contributed by atoms with Crippen molar-refractivity contribution in [2.24, 2.45) is 0 Å². The Kier molecular flexibility index (Phi) is 4.20. The number of halogens is 2. The van der Waals surface area contributed by atoms with Crippen molar-refractivity contribution in [3.63, 3.8) is 0 Å². The SMILES string of the molecule is CCCc1nc2c3ccccc3n(Cc3ccc(F)cc3Cl)c(=O)n2n1. The first-order chi connectivity index (χ1) is 12.6. The summed E-state index contributed by atoms with van der Waals surface area (Å²) in [6.45, 7) is 2.26. The number of hydrogen-bond donors (Lipinski definition) is 0. The van der Waals surface area contributed by atoms with Gasteiger partial charge in [0.2, 0.25) is 0 Å². The largest absolute Gasteiger partial charge is 0.351 e. The third kappa shape index (κ3) is 2.76. The van der Waals surface area contributed by atoms with Crippen LogP contribution in [0.5, 0.6) is 0 Å². The summed E-state index contributed by atoms with van der Waals surface area (Å²) in [6, 6.07) is 11.7. The summed E-state index contributed by atoms with van der Waals surface area (Å²) in [5.74, 6) is 0.235. The summed E-state index contributed by atoms with van der Waals surface area (Å²) >= 11 is 6.16. The van der Waals surface area contributed by atoms with Crippen LogP contribution in [-0.2, 0) is 13.0 Å². The smallest absolute Gasteiger partial charge is 0.287 e. The van der Waals surface area contributed by atoms with Crippen LogP contribution >= 0.6 is 11.6 Å². The number of aromatic nitrogens is 4. The van der Waals surface area contributed by atoms with Crippen molar-refractivity contribution in [1.82, 2.24) is 19.2 Å². The molecule has 4 aromatic rings. The van der Waals surface area contributed by atoms with Crippen LogP contribution in [0.25, 0.3) is 16.6 Å². The fourth-order valence-electron chi connectivity index (χ4n) is 3.08. The average Bonchev–Trinajstić information content (AvgIpc) is 3.05. The van der Waals surface area contributed by atoms with E-state index in [1.165, 1.54) is 16.6 Å². The number of nitrogens with zero attached hydrogens (tertiary/aromatic N) is 4. The Morgan fingerprint density at radius 1 is 1.19 bits per heavy atom.